The van der Waals surface area contributed by atoms with E-state index in [1.165, 1.54) is 5.56 Å². The second-order valence-electron chi connectivity index (χ2n) is 5.29. The van der Waals surface area contributed by atoms with E-state index in [1.807, 2.05) is 0 Å². The molecule has 2 nitrogen and oxygen atoms in total. The Morgan fingerprint density at radius 2 is 1.67 bits per heavy atom. The lowest BCUT2D eigenvalue weighted by Gasteiger charge is -2.22. The molecular formula is C16H27NO. The molecule has 1 aromatic rings. The van der Waals surface area contributed by atoms with Gasteiger partial charge in [0.1, 0.15) is 11.9 Å². The van der Waals surface area contributed by atoms with Crippen LogP contribution in [0, 0.1) is 0 Å². The SMILES string of the molecule is CCCNC(C)C(C)Oc1ccc(C(C)C)cc1. The van der Waals surface area contributed by atoms with Gasteiger partial charge in [0.2, 0.25) is 0 Å². The molecule has 0 aromatic heterocycles. The maximum atomic E-state index is 5.95. The van der Waals surface area contributed by atoms with E-state index in [1.54, 1.807) is 0 Å². The van der Waals surface area contributed by atoms with Gasteiger partial charge in [-0.3, -0.25) is 0 Å². The lowest BCUT2D eigenvalue weighted by molar-refractivity contribution is 0.178. The molecule has 2 heteroatoms. The maximum Gasteiger partial charge on any atom is 0.119 e. The molecule has 0 saturated heterocycles. The fraction of sp³-hybridized carbons (Fsp3) is 0.625. The third-order valence-corrected chi connectivity index (χ3v) is 3.29. The van der Waals surface area contributed by atoms with Gasteiger partial charge in [0.05, 0.1) is 0 Å². The molecule has 0 heterocycles. The van der Waals surface area contributed by atoms with Crippen LogP contribution in [-0.2, 0) is 0 Å². The summed E-state index contributed by atoms with van der Waals surface area (Å²) < 4.78 is 5.95. The third kappa shape index (κ3) is 4.69. The summed E-state index contributed by atoms with van der Waals surface area (Å²) in [7, 11) is 0. The molecule has 0 bridgehead atoms. The van der Waals surface area contributed by atoms with E-state index < -0.39 is 0 Å². The first-order valence-corrected chi connectivity index (χ1v) is 7.04. The van der Waals surface area contributed by atoms with Crippen LogP contribution in [0.25, 0.3) is 0 Å². The van der Waals surface area contributed by atoms with Gasteiger partial charge in [-0.25, -0.2) is 0 Å². The number of hydrogen-bond acceptors (Lipinski definition) is 2. The number of benzene rings is 1. The number of nitrogens with one attached hydrogen (secondary N) is 1. The van der Waals surface area contributed by atoms with E-state index in [4.69, 9.17) is 4.74 Å². The molecule has 0 fully saturated rings. The highest BCUT2D eigenvalue weighted by molar-refractivity contribution is 5.29. The molecule has 0 saturated carbocycles. The highest BCUT2D eigenvalue weighted by Gasteiger charge is 2.12. The van der Waals surface area contributed by atoms with Crippen molar-refractivity contribution in [2.45, 2.75) is 59.1 Å². The molecule has 2 unspecified atom stereocenters. The van der Waals surface area contributed by atoms with Gasteiger partial charge in [0.25, 0.3) is 0 Å². The Morgan fingerprint density at radius 1 is 1.06 bits per heavy atom. The van der Waals surface area contributed by atoms with Crippen LogP contribution >= 0.6 is 0 Å². The van der Waals surface area contributed by atoms with Gasteiger partial charge < -0.3 is 10.1 Å². The quantitative estimate of drug-likeness (QED) is 0.789. The first-order valence-electron chi connectivity index (χ1n) is 7.04. The van der Waals surface area contributed by atoms with Gasteiger partial charge in [-0.1, -0.05) is 32.9 Å². The van der Waals surface area contributed by atoms with Crippen LogP contribution in [0.4, 0.5) is 0 Å². The predicted octanol–water partition coefficient (Wildman–Crippen LogP) is 3.97. The minimum absolute atomic E-state index is 0.182. The number of hydrogen-bond donors (Lipinski definition) is 1. The fourth-order valence-electron chi connectivity index (χ4n) is 1.79. The van der Waals surface area contributed by atoms with Crippen molar-refractivity contribution in [2.24, 2.45) is 0 Å². The fourth-order valence-corrected chi connectivity index (χ4v) is 1.79. The molecule has 1 N–H and O–H groups in total. The monoisotopic (exact) mass is 249 g/mol. The van der Waals surface area contributed by atoms with Crippen molar-refractivity contribution in [1.82, 2.24) is 5.32 Å². The van der Waals surface area contributed by atoms with Crippen LogP contribution in [0.15, 0.2) is 24.3 Å². The van der Waals surface area contributed by atoms with Gasteiger partial charge in [0, 0.05) is 6.04 Å². The van der Waals surface area contributed by atoms with Gasteiger partial charge in [-0.05, 0) is 50.4 Å². The molecule has 0 aliphatic heterocycles. The van der Waals surface area contributed by atoms with Gasteiger partial charge in [-0.2, -0.15) is 0 Å². The standard InChI is InChI=1S/C16H27NO/c1-6-11-17-13(4)14(5)18-16-9-7-15(8-10-16)12(2)3/h7-10,12-14,17H,6,11H2,1-5H3. The largest absolute Gasteiger partial charge is 0.489 e. The van der Waals surface area contributed by atoms with Crippen LogP contribution in [-0.4, -0.2) is 18.7 Å². The highest BCUT2D eigenvalue weighted by Crippen LogP contribution is 2.19. The zero-order valence-electron chi connectivity index (χ0n) is 12.4. The molecule has 0 amide bonds. The van der Waals surface area contributed by atoms with Crippen molar-refractivity contribution in [3.05, 3.63) is 29.8 Å². The second-order valence-corrected chi connectivity index (χ2v) is 5.29. The lowest BCUT2D eigenvalue weighted by Crippen LogP contribution is -2.39. The van der Waals surface area contributed by atoms with E-state index in [0.717, 1.165) is 18.7 Å². The summed E-state index contributed by atoms with van der Waals surface area (Å²) in [4.78, 5) is 0. The summed E-state index contributed by atoms with van der Waals surface area (Å²) in [5.74, 6) is 1.53. The lowest BCUT2D eigenvalue weighted by atomic mass is 10.0. The Balaban J connectivity index is 2.51. The molecule has 0 aliphatic carbocycles. The average Bonchev–Trinajstić information content (AvgIpc) is 2.36. The Hall–Kier alpha value is -1.02. The second kappa shape index (κ2) is 7.42. The predicted molar refractivity (Wildman–Crippen MR) is 78.4 cm³/mol. The van der Waals surface area contributed by atoms with E-state index in [2.05, 4.69) is 64.2 Å². The molecule has 0 spiro atoms. The Bertz CT molecular complexity index is 331. The average molecular weight is 249 g/mol. The molecule has 18 heavy (non-hydrogen) atoms. The van der Waals surface area contributed by atoms with E-state index >= 15 is 0 Å². The van der Waals surface area contributed by atoms with Gasteiger partial charge >= 0.3 is 0 Å². The van der Waals surface area contributed by atoms with Crippen LogP contribution in [0.5, 0.6) is 5.75 Å². The van der Waals surface area contributed by atoms with Gasteiger partial charge in [0.15, 0.2) is 0 Å². The minimum atomic E-state index is 0.182. The van der Waals surface area contributed by atoms with Crippen LogP contribution in [0.2, 0.25) is 0 Å². The highest BCUT2D eigenvalue weighted by atomic mass is 16.5. The first-order chi connectivity index (χ1) is 8.54. The molecule has 1 aromatic carbocycles. The van der Waals surface area contributed by atoms with Crippen molar-refractivity contribution in [3.63, 3.8) is 0 Å². The third-order valence-electron chi connectivity index (χ3n) is 3.29. The number of rotatable bonds is 7. The summed E-state index contributed by atoms with van der Waals surface area (Å²) in [6, 6.07) is 8.81. The smallest absolute Gasteiger partial charge is 0.119 e. The maximum absolute atomic E-state index is 5.95. The zero-order valence-corrected chi connectivity index (χ0v) is 12.4. The summed E-state index contributed by atoms with van der Waals surface area (Å²) in [5, 5.41) is 3.46. The molecule has 2 atom stereocenters. The zero-order chi connectivity index (χ0) is 13.5. The summed E-state index contributed by atoms with van der Waals surface area (Å²) in [6.45, 7) is 11.9. The van der Waals surface area contributed by atoms with Crippen LogP contribution in [0.3, 0.4) is 0 Å². The topological polar surface area (TPSA) is 21.3 Å². The van der Waals surface area contributed by atoms with Crippen LogP contribution < -0.4 is 10.1 Å². The molecule has 0 radical (unpaired) electrons. The Morgan fingerprint density at radius 3 is 2.17 bits per heavy atom. The van der Waals surface area contributed by atoms with Crippen molar-refractivity contribution in [2.75, 3.05) is 6.54 Å². The summed E-state index contributed by atoms with van der Waals surface area (Å²) in [5.41, 5.74) is 1.35. The first kappa shape index (κ1) is 15.0. The molecule has 102 valence electrons. The normalized spacial score (nSPS) is 14.6. The van der Waals surface area contributed by atoms with E-state index in [-0.39, 0.29) is 6.10 Å². The number of ether oxygens (including phenoxy) is 1. The van der Waals surface area contributed by atoms with Crippen molar-refractivity contribution in [1.29, 1.82) is 0 Å². The Labute approximate surface area is 112 Å². The molecule has 0 aliphatic rings. The molecular weight excluding hydrogens is 222 g/mol. The Kier molecular flexibility index (Phi) is 6.20. The van der Waals surface area contributed by atoms with Crippen LogP contribution in [0.1, 0.15) is 52.5 Å². The molecule has 1 rings (SSSR count). The van der Waals surface area contributed by atoms with Crippen molar-refractivity contribution >= 4 is 0 Å². The van der Waals surface area contributed by atoms with E-state index in [9.17, 15) is 0 Å². The summed E-state index contributed by atoms with van der Waals surface area (Å²) in [6.07, 6.45) is 1.33. The van der Waals surface area contributed by atoms with Crippen molar-refractivity contribution < 1.29 is 4.74 Å². The van der Waals surface area contributed by atoms with E-state index in [0.29, 0.717) is 12.0 Å². The van der Waals surface area contributed by atoms with Gasteiger partial charge in [-0.15, -0.1) is 0 Å². The minimum Gasteiger partial charge on any atom is -0.489 e. The van der Waals surface area contributed by atoms with Crippen molar-refractivity contribution in [3.8, 4) is 5.75 Å². The summed E-state index contributed by atoms with van der Waals surface area (Å²) >= 11 is 0.